The van der Waals surface area contributed by atoms with Crippen molar-refractivity contribution in [2.45, 2.75) is 16.9 Å². The Morgan fingerprint density at radius 1 is 1.15 bits per heavy atom. The van der Waals surface area contributed by atoms with Gasteiger partial charge in [0.15, 0.2) is 0 Å². The Balaban J connectivity index is 3.34. The van der Waals surface area contributed by atoms with Gasteiger partial charge in [0.05, 0.1) is 0 Å². The summed E-state index contributed by atoms with van der Waals surface area (Å²) >= 11 is 9.67. The van der Waals surface area contributed by atoms with E-state index in [0.717, 1.165) is 0 Å². The number of rotatable bonds is 5. The van der Waals surface area contributed by atoms with Crippen LogP contribution in [0.4, 0.5) is 17.6 Å². The summed E-state index contributed by atoms with van der Waals surface area (Å²) < 4.78 is 52.1. The van der Waals surface area contributed by atoms with Crippen molar-refractivity contribution in [2.24, 2.45) is 11.1 Å². The Morgan fingerprint density at radius 3 is 2.00 bits per heavy atom. The Kier molecular flexibility index (Phi) is 5.23. The van der Waals surface area contributed by atoms with E-state index < -0.39 is 28.5 Å². The third kappa shape index (κ3) is 3.34. The van der Waals surface area contributed by atoms with E-state index in [0.29, 0.717) is 0 Å². The lowest BCUT2D eigenvalue weighted by molar-refractivity contribution is -0.116. The van der Waals surface area contributed by atoms with E-state index in [1.807, 2.05) is 0 Å². The highest BCUT2D eigenvalue weighted by atomic mass is 35.5. The molecule has 0 aliphatic carbocycles. The zero-order chi connectivity index (χ0) is 15.6. The molecule has 0 bridgehead atoms. The van der Waals surface area contributed by atoms with Gasteiger partial charge in [0, 0.05) is 0 Å². The van der Waals surface area contributed by atoms with Crippen LogP contribution in [0, 0.1) is 5.92 Å². The van der Waals surface area contributed by atoms with Gasteiger partial charge in [0.1, 0.15) is 11.6 Å². The maximum absolute atomic E-state index is 13.0. The van der Waals surface area contributed by atoms with Gasteiger partial charge >= 0.3 is 5.38 Å². The van der Waals surface area contributed by atoms with E-state index in [-0.39, 0.29) is 5.56 Å². The molecule has 0 aromatic heterocycles. The van der Waals surface area contributed by atoms with Crippen LogP contribution in [-0.4, -0.2) is 32.9 Å². The standard InChI is InChI=1S/C11H9Cl2F4NO2/c12-10(19,11(13,16)17)7(9(14)15)8(18-20)6-4-2-1-3-5-6/h1-5,7,9,19-20H. The molecule has 3 nitrogen and oxygen atoms in total. The number of oxime groups is 1. The quantitative estimate of drug-likeness (QED) is 0.285. The van der Waals surface area contributed by atoms with Gasteiger partial charge in [-0.05, 0) is 17.2 Å². The van der Waals surface area contributed by atoms with Crippen LogP contribution in [0.2, 0.25) is 0 Å². The lowest BCUT2D eigenvalue weighted by Crippen LogP contribution is -2.52. The zero-order valence-corrected chi connectivity index (χ0v) is 11.2. The Labute approximate surface area is 121 Å². The molecule has 0 amide bonds. The molecule has 0 aliphatic rings. The SMILES string of the molecule is ON=C(c1ccccc1)C(C(F)F)C(O)(Cl)C(F)(F)Cl. The fourth-order valence-corrected chi connectivity index (χ4v) is 1.87. The van der Waals surface area contributed by atoms with Crippen molar-refractivity contribution in [2.75, 3.05) is 0 Å². The second kappa shape index (κ2) is 6.15. The fraction of sp³-hybridized carbons (Fsp3) is 0.364. The van der Waals surface area contributed by atoms with Crippen LogP contribution >= 0.6 is 23.2 Å². The van der Waals surface area contributed by atoms with Crippen LogP contribution in [0.15, 0.2) is 35.5 Å². The lowest BCUT2D eigenvalue weighted by Gasteiger charge is -2.33. The molecular formula is C11H9Cl2F4NO2. The number of hydrogen-bond donors (Lipinski definition) is 2. The molecule has 2 unspecified atom stereocenters. The lowest BCUT2D eigenvalue weighted by atomic mass is 9.91. The number of nitrogens with zero attached hydrogens (tertiary/aromatic N) is 1. The summed E-state index contributed by atoms with van der Waals surface area (Å²) in [5.41, 5.74) is -1.02. The number of benzene rings is 1. The highest BCUT2D eigenvalue weighted by Gasteiger charge is 2.60. The third-order valence-corrected chi connectivity index (χ3v) is 3.39. The topological polar surface area (TPSA) is 52.8 Å². The maximum atomic E-state index is 13.0. The first kappa shape index (κ1) is 17.0. The number of hydrogen-bond acceptors (Lipinski definition) is 3. The van der Waals surface area contributed by atoms with Crippen molar-refractivity contribution >= 4 is 28.9 Å². The normalized spacial score (nSPS) is 17.9. The molecule has 112 valence electrons. The fourth-order valence-electron chi connectivity index (χ4n) is 1.55. The highest BCUT2D eigenvalue weighted by molar-refractivity contribution is 6.34. The molecule has 9 heteroatoms. The summed E-state index contributed by atoms with van der Waals surface area (Å²) in [6.07, 6.45) is -3.55. The van der Waals surface area contributed by atoms with E-state index in [1.165, 1.54) is 30.3 Å². The van der Waals surface area contributed by atoms with Crippen LogP contribution in [0.1, 0.15) is 5.56 Å². The van der Waals surface area contributed by atoms with Crippen molar-refractivity contribution in [3.8, 4) is 0 Å². The van der Waals surface area contributed by atoms with E-state index in [9.17, 15) is 22.7 Å². The molecule has 0 radical (unpaired) electrons. The van der Waals surface area contributed by atoms with Crippen LogP contribution in [-0.2, 0) is 0 Å². The van der Waals surface area contributed by atoms with Gasteiger partial charge < -0.3 is 10.3 Å². The number of alkyl halides is 6. The van der Waals surface area contributed by atoms with Crippen molar-refractivity contribution in [3.05, 3.63) is 35.9 Å². The maximum Gasteiger partial charge on any atom is 0.364 e. The molecule has 2 N–H and O–H groups in total. The minimum absolute atomic E-state index is 0.111. The number of halogens is 6. The van der Waals surface area contributed by atoms with Crippen LogP contribution in [0.5, 0.6) is 0 Å². The molecule has 1 aromatic carbocycles. The average molecular weight is 334 g/mol. The molecule has 0 heterocycles. The molecular weight excluding hydrogens is 325 g/mol. The van der Waals surface area contributed by atoms with Crippen LogP contribution < -0.4 is 0 Å². The van der Waals surface area contributed by atoms with Gasteiger partial charge in [0.2, 0.25) is 5.06 Å². The second-order valence-corrected chi connectivity index (χ2v) is 4.89. The minimum atomic E-state index is -4.57. The monoisotopic (exact) mass is 333 g/mol. The summed E-state index contributed by atoms with van der Waals surface area (Å²) in [6, 6.07) is 6.77. The van der Waals surface area contributed by atoms with E-state index in [1.54, 1.807) is 0 Å². The summed E-state index contributed by atoms with van der Waals surface area (Å²) in [7, 11) is 0. The first-order valence-corrected chi connectivity index (χ1v) is 5.92. The molecule has 1 aromatic rings. The molecule has 0 fully saturated rings. The van der Waals surface area contributed by atoms with Gasteiger partial charge in [-0.2, -0.15) is 8.78 Å². The van der Waals surface area contributed by atoms with Crippen molar-refractivity contribution in [3.63, 3.8) is 0 Å². The average Bonchev–Trinajstić information content (AvgIpc) is 2.34. The van der Waals surface area contributed by atoms with Crippen LogP contribution in [0.3, 0.4) is 0 Å². The van der Waals surface area contributed by atoms with E-state index in [4.69, 9.17) is 16.8 Å². The summed E-state index contributed by atoms with van der Waals surface area (Å²) in [6.45, 7) is 0. The summed E-state index contributed by atoms with van der Waals surface area (Å²) in [5, 5.41) is 12.4. The minimum Gasteiger partial charge on any atom is -0.411 e. The first-order valence-electron chi connectivity index (χ1n) is 5.16. The highest BCUT2D eigenvalue weighted by Crippen LogP contribution is 2.45. The van der Waals surface area contributed by atoms with Gasteiger partial charge in [-0.25, -0.2) is 8.78 Å². The largest absolute Gasteiger partial charge is 0.411 e. The van der Waals surface area contributed by atoms with Gasteiger partial charge in [-0.15, -0.1) is 0 Å². The predicted octanol–water partition coefficient (Wildman–Crippen LogP) is 3.51. The molecule has 20 heavy (non-hydrogen) atoms. The van der Waals surface area contributed by atoms with E-state index in [2.05, 4.69) is 16.8 Å². The number of aliphatic hydroxyl groups is 1. The Hall–Kier alpha value is -1.05. The molecule has 0 spiro atoms. The predicted molar refractivity (Wildman–Crippen MR) is 65.9 cm³/mol. The smallest absolute Gasteiger partial charge is 0.364 e. The molecule has 2 atom stereocenters. The Morgan fingerprint density at radius 2 is 1.65 bits per heavy atom. The zero-order valence-electron chi connectivity index (χ0n) is 9.65. The van der Waals surface area contributed by atoms with Crippen LogP contribution in [0.25, 0.3) is 0 Å². The third-order valence-electron chi connectivity index (χ3n) is 2.53. The first-order chi connectivity index (χ1) is 9.13. The summed E-state index contributed by atoms with van der Waals surface area (Å²) in [5.74, 6) is -2.70. The molecule has 0 aliphatic heterocycles. The molecule has 0 saturated heterocycles. The van der Waals surface area contributed by atoms with Crippen molar-refractivity contribution < 1.29 is 27.9 Å². The Bertz CT molecular complexity index is 477. The van der Waals surface area contributed by atoms with Crippen molar-refractivity contribution in [1.29, 1.82) is 0 Å². The summed E-state index contributed by atoms with van der Waals surface area (Å²) in [4.78, 5) is 0. The molecule has 0 saturated carbocycles. The van der Waals surface area contributed by atoms with Gasteiger partial charge in [0.25, 0.3) is 6.43 Å². The van der Waals surface area contributed by atoms with Gasteiger partial charge in [-0.3, -0.25) is 0 Å². The van der Waals surface area contributed by atoms with Gasteiger partial charge in [-0.1, -0.05) is 47.1 Å². The molecule has 1 rings (SSSR count). The second-order valence-electron chi connectivity index (χ2n) is 3.83. The van der Waals surface area contributed by atoms with Crippen molar-refractivity contribution in [1.82, 2.24) is 0 Å². The van der Waals surface area contributed by atoms with E-state index >= 15 is 0 Å².